The van der Waals surface area contributed by atoms with E-state index >= 15 is 0 Å². The molecule has 0 aliphatic rings. The molecule has 0 radical (unpaired) electrons. The molecule has 0 saturated heterocycles. The van der Waals surface area contributed by atoms with E-state index in [0.29, 0.717) is 0 Å². The molecule has 2 N–H and O–H groups in total. The van der Waals surface area contributed by atoms with Gasteiger partial charge in [-0.3, -0.25) is 4.98 Å². The molecule has 76 valence electrons. The van der Waals surface area contributed by atoms with Gasteiger partial charge in [0, 0.05) is 23.1 Å². The fourth-order valence-electron chi connectivity index (χ4n) is 1.49. The van der Waals surface area contributed by atoms with Gasteiger partial charge in [0.2, 0.25) is 0 Å². The molecule has 0 bridgehead atoms. The first kappa shape index (κ1) is 9.71. The Bertz CT molecular complexity index is 472. The number of aromatic nitrogens is 1. The van der Waals surface area contributed by atoms with Gasteiger partial charge in [0.15, 0.2) is 0 Å². The molecule has 2 rings (SSSR count). The van der Waals surface area contributed by atoms with Crippen molar-refractivity contribution < 1.29 is 0 Å². The van der Waals surface area contributed by atoms with Gasteiger partial charge in [-0.15, -0.1) is 0 Å². The maximum absolute atomic E-state index is 5.78. The van der Waals surface area contributed by atoms with Crippen LogP contribution in [0.4, 0.5) is 5.69 Å². The van der Waals surface area contributed by atoms with Gasteiger partial charge < -0.3 is 5.73 Å². The molecule has 0 unspecified atom stereocenters. The summed E-state index contributed by atoms with van der Waals surface area (Å²) < 4.78 is 0. The number of nitrogen functional groups attached to an aromatic ring is 1. The molecule has 0 fully saturated rings. The van der Waals surface area contributed by atoms with Crippen molar-refractivity contribution in [1.82, 2.24) is 4.98 Å². The molecule has 1 aromatic carbocycles. The van der Waals surface area contributed by atoms with E-state index in [1.807, 2.05) is 38.2 Å². The molecule has 0 amide bonds. The van der Waals surface area contributed by atoms with E-state index < -0.39 is 0 Å². The summed E-state index contributed by atoms with van der Waals surface area (Å²) in [6.07, 6.45) is 1.89. The second-order valence-corrected chi connectivity index (χ2v) is 3.76. The van der Waals surface area contributed by atoms with Crippen LogP contribution < -0.4 is 5.73 Å². The lowest BCUT2D eigenvalue weighted by Crippen LogP contribution is -1.90. The Hall–Kier alpha value is -1.83. The van der Waals surface area contributed by atoms with Gasteiger partial charge >= 0.3 is 0 Å². The van der Waals surface area contributed by atoms with Crippen LogP contribution in [0.2, 0.25) is 0 Å². The highest BCUT2D eigenvalue weighted by Gasteiger charge is 2.00. The summed E-state index contributed by atoms with van der Waals surface area (Å²) in [5.74, 6) is 0. The SMILES string of the molecule is Cc1ccc(-c2ccc(N)c(C)c2)cn1. The van der Waals surface area contributed by atoms with Crippen LogP contribution in [0.1, 0.15) is 11.3 Å². The number of anilines is 1. The Labute approximate surface area is 89.8 Å². The van der Waals surface area contributed by atoms with E-state index in [0.717, 1.165) is 28.1 Å². The average molecular weight is 198 g/mol. The predicted octanol–water partition coefficient (Wildman–Crippen LogP) is 2.95. The second-order valence-electron chi connectivity index (χ2n) is 3.76. The largest absolute Gasteiger partial charge is 0.399 e. The minimum atomic E-state index is 0.832. The monoisotopic (exact) mass is 198 g/mol. The lowest BCUT2D eigenvalue weighted by molar-refractivity contribution is 1.20. The van der Waals surface area contributed by atoms with Crippen molar-refractivity contribution in [1.29, 1.82) is 0 Å². The number of hydrogen-bond donors (Lipinski definition) is 1. The minimum Gasteiger partial charge on any atom is -0.399 e. The summed E-state index contributed by atoms with van der Waals surface area (Å²) in [6, 6.07) is 10.1. The first-order valence-corrected chi connectivity index (χ1v) is 4.96. The van der Waals surface area contributed by atoms with E-state index in [9.17, 15) is 0 Å². The molecule has 1 heterocycles. The Morgan fingerprint density at radius 1 is 1.00 bits per heavy atom. The van der Waals surface area contributed by atoms with Crippen molar-refractivity contribution in [3.8, 4) is 11.1 Å². The van der Waals surface area contributed by atoms with Crippen molar-refractivity contribution in [2.75, 3.05) is 5.73 Å². The Balaban J connectivity index is 2.45. The number of aryl methyl sites for hydroxylation is 2. The van der Waals surface area contributed by atoms with Crippen molar-refractivity contribution >= 4 is 5.69 Å². The third-order valence-corrected chi connectivity index (χ3v) is 2.51. The summed E-state index contributed by atoms with van der Waals surface area (Å²) in [7, 11) is 0. The molecule has 2 aromatic rings. The quantitative estimate of drug-likeness (QED) is 0.715. The minimum absolute atomic E-state index is 0.832. The van der Waals surface area contributed by atoms with E-state index in [-0.39, 0.29) is 0 Å². The van der Waals surface area contributed by atoms with Crippen molar-refractivity contribution in [2.24, 2.45) is 0 Å². The van der Waals surface area contributed by atoms with Crippen molar-refractivity contribution in [3.63, 3.8) is 0 Å². The van der Waals surface area contributed by atoms with Crippen LogP contribution in [0.15, 0.2) is 36.5 Å². The zero-order chi connectivity index (χ0) is 10.8. The van der Waals surface area contributed by atoms with Gasteiger partial charge in [0.1, 0.15) is 0 Å². The molecule has 2 heteroatoms. The third-order valence-electron chi connectivity index (χ3n) is 2.51. The highest BCUT2D eigenvalue weighted by atomic mass is 14.7. The standard InChI is InChI=1S/C13H14N2/c1-9-7-11(5-6-13(9)14)12-4-3-10(2)15-8-12/h3-8H,14H2,1-2H3. The van der Waals surface area contributed by atoms with E-state index in [1.54, 1.807) is 0 Å². The predicted molar refractivity (Wildman–Crippen MR) is 63.6 cm³/mol. The Morgan fingerprint density at radius 3 is 2.33 bits per heavy atom. The molecule has 0 aliphatic heterocycles. The number of pyridine rings is 1. The lowest BCUT2D eigenvalue weighted by Gasteiger charge is -2.05. The molecule has 0 atom stereocenters. The highest BCUT2D eigenvalue weighted by Crippen LogP contribution is 2.22. The molecule has 0 spiro atoms. The van der Waals surface area contributed by atoms with Crippen LogP contribution in [0.3, 0.4) is 0 Å². The zero-order valence-corrected chi connectivity index (χ0v) is 8.99. The number of rotatable bonds is 1. The summed E-state index contributed by atoms with van der Waals surface area (Å²) in [6.45, 7) is 4.00. The second kappa shape index (κ2) is 3.73. The molecule has 0 aliphatic carbocycles. The van der Waals surface area contributed by atoms with Crippen LogP contribution in [-0.2, 0) is 0 Å². The fraction of sp³-hybridized carbons (Fsp3) is 0.154. The first-order valence-electron chi connectivity index (χ1n) is 4.96. The van der Waals surface area contributed by atoms with Crippen LogP contribution in [0.25, 0.3) is 11.1 Å². The summed E-state index contributed by atoms with van der Waals surface area (Å²) >= 11 is 0. The van der Waals surface area contributed by atoms with Gasteiger partial charge in [-0.2, -0.15) is 0 Å². The molecule has 0 saturated carbocycles. The molecular weight excluding hydrogens is 184 g/mol. The van der Waals surface area contributed by atoms with Gasteiger partial charge in [-0.05, 0) is 43.2 Å². The first-order chi connectivity index (χ1) is 7.16. The summed E-state index contributed by atoms with van der Waals surface area (Å²) in [5.41, 5.74) is 11.0. The maximum Gasteiger partial charge on any atom is 0.0373 e. The highest BCUT2D eigenvalue weighted by molar-refractivity contribution is 5.66. The molecular formula is C13H14N2. The average Bonchev–Trinajstić information content (AvgIpc) is 2.23. The van der Waals surface area contributed by atoms with Gasteiger partial charge in [0.05, 0.1) is 0 Å². The number of nitrogens with zero attached hydrogens (tertiary/aromatic N) is 1. The van der Waals surface area contributed by atoms with Gasteiger partial charge in [0.25, 0.3) is 0 Å². The lowest BCUT2D eigenvalue weighted by atomic mass is 10.0. The van der Waals surface area contributed by atoms with Crippen LogP contribution >= 0.6 is 0 Å². The van der Waals surface area contributed by atoms with Gasteiger partial charge in [-0.1, -0.05) is 12.1 Å². The molecule has 15 heavy (non-hydrogen) atoms. The van der Waals surface area contributed by atoms with Crippen LogP contribution in [0.5, 0.6) is 0 Å². The van der Waals surface area contributed by atoms with E-state index in [2.05, 4.69) is 17.1 Å². The summed E-state index contributed by atoms with van der Waals surface area (Å²) in [4.78, 5) is 4.28. The van der Waals surface area contributed by atoms with Crippen LogP contribution in [0, 0.1) is 13.8 Å². The molecule has 1 aromatic heterocycles. The topological polar surface area (TPSA) is 38.9 Å². The third kappa shape index (κ3) is 1.99. The normalized spacial score (nSPS) is 10.3. The maximum atomic E-state index is 5.78. The van der Waals surface area contributed by atoms with E-state index in [4.69, 9.17) is 5.73 Å². The van der Waals surface area contributed by atoms with Gasteiger partial charge in [-0.25, -0.2) is 0 Å². The van der Waals surface area contributed by atoms with Crippen LogP contribution in [-0.4, -0.2) is 4.98 Å². The number of hydrogen-bond acceptors (Lipinski definition) is 2. The van der Waals surface area contributed by atoms with Crippen molar-refractivity contribution in [2.45, 2.75) is 13.8 Å². The Morgan fingerprint density at radius 2 is 1.73 bits per heavy atom. The van der Waals surface area contributed by atoms with E-state index in [1.165, 1.54) is 0 Å². The zero-order valence-electron chi connectivity index (χ0n) is 8.99. The fourth-order valence-corrected chi connectivity index (χ4v) is 1.49. The number of nitrogens with two attached hydrogens (primary N) is 1. The number of benzene rings is 1. The molecule has 2 nitrogen and oxygen atoms in total. The summed E-state index contributed by atoms with van der Waals surface area (Å²) in [5, 5.41) is 0. The smallest absolute Gasteiger partial charge is 0.0373 e. The van der Waals surface area contributed by atoms with Crippen molar-refractivity contribution in [3.05, 3.63) is 47.8 Å². The Kier molecular flexibility index (Phi) is 2.42.